The monoisotopic (exact) mass is 417 g/mol. The lowest BCUT2D eigenvalue weighted by Crippen LogP contribution is -2.26. The van der Waals surface area contributed by atoms with Crippen molar-refractivity contribution in [3.05, 3.63) is 64.4 Å². The predicted octanol–water partition coefficient (Wildman–Crippen LogP) is 3.76. The molecule has 0 saturated heterocycles. The fourth-order valence-corrected chi connectivity index (χ4v) is 4.66. The minimum Gasteiger partial charge on any atom is -0.361 e. The average molecular weight is 418 g/mol. The largest absolute Gasteiger partial charge is 0.361 e. The van der Waals surface area contributed by atoms with Gasteiger partial charge in [-0.15, -0.1) is 0 Å². The van der Waals surface area contributed by atoms with Crippen molar-refractivity contribution >= 4 is 9.84 Å². The summed E-state index contributed by atoms with van der Waals surface area (Å²) in [5.41, 5.74) is 3.76. The van der Waals surface area contributed by atoms with Crippen molar-refractivity contribution in [2.24, 2.45) is 0 Å². The van der Waals surface area contributed by atoms with E-state index < -0.39 is 9.84 Å². The molecule has 0 aliphatic rings. The summed E-state index contributed by atoms with van der Waals surface area (Å²) in [4.78, 5) is 2.56. The molecule has 3 aromatic rings. The number of hydrogen-bond acceptors (Lipinski definition) is 7. The molecule has 3 rings (SSSR count). The van der Waals surface area contributed by atoms with Crippen LogP contribution in [0.15, 0.2) is 44.3 Å². The van der Waals surface area contributed by atoms with Gasteiger partial charge in [0.05, 0.1) is 22.0 Å². The zero-order valence-electron chi connectivity index (χ0n) is 17.3. The average Bonchev–Trinajstić information content (AvgIpc) is 3.18. The second-order valence-corrected chi connectivity index (χ2v) is 9.41. The van der Waals surface area contributed by atoms with E-state index in [0.29, 0.717) is 31.0 Å². The Morgan fingerprint density at radius 2 is 1.38 bits per heavy atom. The summed E-state index contributed by atoms with van der Waals surface area (Å²) in [6.45, 7) is 9.47. The molecular weight excluding hydrogens is 390 g/mol. The lowest BCUT2D eigenvalue weighted by molar-refractivity contribution is 0.253. The Labute approximate surface area is 171 Å². The SMILES string of the molecule is Cc1noc(C)c1CN(CCCS(=O)(=O)c1ccccc1)Cc1c(C)noc1C. The van der Waals surface area contributed by atoms with Crippen LogP contribution in [0.2, 0.25) is 0 Å². The third-order valence-electron chi connectivity index (χ3n) is 5.12. The number of aryl methyl sites for hydroxylation is 4. The fourth-order valence-electron chi connectivity index (χ4n) is 3.34. The van der Waals surface area contributed by atoms with Crippen LogP contribution < -0.4 is 0 Å². The molecule has 0 spiro atoms. The molecule has 2 heterocycles. The first kappa shape index (κ1) is 21.3. The summed E-state index contributed by atoms with van der Waals surface area (Å²) >= 11 is 0. The van der Waals surface area contributed by atoms with Gasteiger partial charge >= 0.3 is 0 Å². The molecule has 0 bridgehead atoms. The van der Waals surface area contributed by atoms with Crippen molar-refractivity contribution in [1.82, 2.24) is 15.2 Å². The molecule has 0 atom stereocenters. The molecule has 0 N–H and O–H groups in total. The molecule has 0 amide bonds. The molecule has 2 aromatic heterocycles. The highest BCUT2D eigenvalue weighted by Gasteiger charge is 2.20. The summed E-state index contributed by atoms with van der Waals surface area (Å²) in [5, 5.41) is 8.06. The van der Waals surface area contributed by atoms with E-state index in [1.165, 1.54) is 0 Å². The number of benzene rings is 1. The minimum absolute atomic E-state index is 0.0940. The maximum absolute atomic E-state index is 12.6. The second kappa shape index (κ2) is 8.92. The number of nitrogens with zero attached hydrogens (tertiary/aromatic N) is 3. The molecule has 29 heavy (non-hydrogen) atoms. The quantitative estimate of drug-likeness (QED) is 0.523. The summed E-state index contributed by atoms with van der Waals surface area (Å²) < 4.78 is 35.8. The molecule has 8 heteroatoms. The molecule has 156 valence electrons. The Morgan fingerprint density at radius 1 is 0.862 bits per heavy atom. The highest BCUT2D eigenvalue weighted by molar-refractivity contribution is 7.91. The molecule has 1 aromatic carbocycles. The summed E-state index contributed by atoms with van der Waals surface area (Å²) in [6.07, 6.45) is 0.518. The Kier molecular flexibility index (Phi) is 6.54. The van der Waals surface area contributed by atoms with Crippen molar-refractivity contribution in [1.29, 1.82) is 0 Å². The highest BCUT2D eigenvalue weighted by Crippen LogP contribution is 2.21. The van der Waals surface area contributed by atoms with Crippen LogP contribution in [0.4, 0.5) is 0 Å². The van der Waals surface area contributed by atoms with Gasteiger partial charge in [-0.1, -0.05) is 28.5 Å². The van der Waals surface area contributed by atoms with Crippen LogP contribution in [0.25, 0.3) is 0 Å². The second-order valence-electron chi connectivity index (χ2n) is 7.30. The van der Waals surface area contributed by atoms with Gasteiger partial charge in [0.2, 0.25) is 0 Å². The van der Waals surface area contributed by atoms with Crippen LogP contribution in [0.5, 0.6) is 0 Å². The molecule has 7 nitrogen and oxygen atoms in total. The van der Waals surface area contributed by atoms with Crippen LogP contribution in [0, 0.1) is 27.7 Å². The molecule has 0 radical (unpaired) electrons. The third-order valence-corrected chi connectivity index (χ3v) is 6.93. The van der Waals surface area contributed by atoms with Gasteiger partial charge < -0.3 is 9.05 Å². The van der Waals surface area contributed by atoms with E-state index in [0.717, 1.165) is 34.0 Å². The van der Waals surface area contributed by atoms with E-state index in [9.17, 15) is 8.42 Å². The van der Waals surface area contributed by atoms with Crippen molar-refractivity contribution in [3.63, 3.8) is 0 Å². The standard InChI is InChI=1S/C21H27N3O4S/c1-15-20(17(3)27-22-15)13-24(14-21-16(2)23-28-18(21)4)11-8-12-29(25,26)19-9-6-5-7-10-19/h5-7,9-10H,8,11-14H2,1-4H3. The molecule has 0 aliphatic heterocycles. The van der Waals surface area contributed by atoms with Crippen molar-refractivity contribution in [2.75, 3.05) is 12.3 Å². The van der Waals surface area contributed by atoms with Gasteiger partial charge in [-0.25, -0.2) is 8.42 Å². The van der Waals surface area contributed by atoms with Gasteiger partial charge in [-0.2, -0.15) is 0 Å². The summed E-state index contributed by atoms with van der Waals surface area (Å²) in [7, 11) is -3.30. The van der Waals surface area contributed by atoms with Crippen LogP contribution in [-0.2, 0) is 22.9 Å². The molecule has 0 fully saturated rings. The summed E-state index contributed by atoms with van der Waals surface area (Å²) in [6, 6.07) is 8.58. The van der Waals surface area contributed by atoms with E-state index in [-0.39, 0.29) is 5.75 Å². The number of aromatic nitrogens is 2. The van der Waals surface area contributed by atoms with Gasteiger partial charge in [0.25, 0.3) is 0 Å². The van der Waals surface area contributed by atoms with E-state index in [1.807, 2.05) is 33.8 Å². The zero-order valence-corrected chi connectivity index (χ0v) is 18.1. The number of rotatable bonds is 9. The van der Waals surface area contributed by atoms with Crippen LogP contribution in [0.1, 0.15) is 40.5 Å². The van der Waals surface area contributed by atoms with E-state index in [2.05, 4.69) is 15.2 Å². The number of hydrogen-bond donors (Lipinski definition) is 0. The molecular formula is C21H27N3O4S. The Hall–Kier alpha value is -2.45. The van der Waals surface area contributed by atoms with Gasteiger partial charge in [-0.3, -0.25) is 4.90 Å². The van der Waals surface area contributed by atoms with E-state index in [4.69, 9.17) is 9.05 Å². The number of sulfone groups is 1. The topological polar surface area (TPSA) is 89.4 Å². The highest BCUT2D eigenvalue weighted by atomic mass is 32.2. The van der Waals surface area contributed by atoms with Crippen molar-refractivity contribution in [3.8, 4) is 0 Å². The lowest BCUT2D eigenvalue weighted by Gasteiger charge is -2.22. The van der Waals surface area contributed by atoms with Crippen LogP contribution in [0.3, 0.4) is 0 Å². The first-order valence-electron chi connectivity index (χ1n) is 9.61. The smallest absolute Gasteiger partial charge is 0.178 e. The third kappa shape index (κ3) is 5.13. The normalized spacial score (nSPS) is 12.0. The predicted molar refractivity (Wildman–Crippen MR) is 109 cm³/mol. The maximum atomic E-state index is 12.6. The molecule has 0 saturated carbocycles. The molecule has 0 aliphatic carbocycles. The zero-order chi connectivity index (χ0) is 21.0. The maximum Gasteiger partial charge on any atom is 0.178 e. The lowest BCUT2D eigenvalue weighted by atomic mass is 10.1. The molecule has 0 unspecified atom stereocenters. The van der Waals surface area contributed by atoms with Gasteiger partial charge in [0, 0.05) is 24.2 Å². The van der Waals surface area contributed by atoms with Gasteiger partial charge in [0.1, 0.15) is 11.5 Å². The van der Waals surface area contributed by atoms with Crippen molar-refractivity contribution < 1.29 is 17.5 Å². The first-order valence-corrected chi connectivity index (χ1v) is 11.3. The fraction of sp³-hybridized carbons (Fsp3) is 0.429. The Morgan fingerprint density at radius 3 is 1.83 bits per heavy atom. The van der Waals surface area contributed by atoms with Crippen LogP contribution in [-0.4, -0.2) is 35.9 Å². The Balaban J connectivity index is 1.73. The van der Waals surface area contributed by atoms with E-state index in [1.54, 1.807) is 24.3 Å². The minimum atomic E-state index is -3.30. The van der Waals surface area contributed by atoms with Gasteiger partial charge in [-0.05, 0) is 52.8 Å². The Bertz CT molecular complexity index is 968. The van der Waals surface area contributed by atoms with Gasteiger partial charge in [0.15, 0.2) is 9.84 Å². The van der Waals surface area contributed by atoms with E-state index >= 15 is 0 Å². The van der Waals surface area contributed by atoms with Crippen molar-refractivity contribution in [2.45, 2.75) is 52.1 Å². The van der Waals surface area contributed by atoms with Crippen LogP contribution >= 0.6 is 0 Å². The first-order chi connectivity index (χ1) is 13.8. The summed E-state index contributed by atoms with van der Waals surface area (Å²) in [5.74, 6) is 1.66.